The highest BCUT2D eigenvalue weighted by Crippen LogP contribution is 2.13. The fourth-order valence-electron chi connectivity index (χ4n) is 2.21. The van der Waals surface area contributed by atoms with E-state index in [1.165, 1.54) is 17.6 Å². The number of nitrogens with one attached hydrogen (secondary N) is 1. The molecule has 0 bridgehead atoms. The van der Waals surface area contributed by atoms with E-state index < -0.39 is 17.4 Å². The number of benzene rings is 1. The normalized spacial score (nSPS) is 10.3. The van der Waals surface area contributed by atoms with E-state index in [1.807, 2.05) is 30.3 Å². The highest BCUT2D eigenvalue weighted by Gasteiger charge is 2.17. The minimum Gasteiger partial charge on any atom is -0.478 e. The number of carboxylic acids is 1. The van der Waals surface area contributed by atoms with Crippen molar-refractivity contribution in [3.63, 3.8) is 0 Å². The topological polar surface area (TPSA) is 88.4 Å². The number of hydrogen-bond donors (Lipinski definition) is 2. The standard InChI is InChI=1S/C16H16N2O4/c1-10-13(16(21)22)8-14(17-11(2)19)15(20)18(10)9-12-6-4-3-5-7-12/h3-8H,9H2,1-2H3,(H,17,19)(H,21,22). The third-order valence-corrected chi connectivity index (χ3v) is 3.28. The Balaban J connectivity index is 2.60. The fourth-order valence-corrected chi connectivity index (χ4v) is 2.21. The van der Waals surface area contributed by atoms with Gasteiger partial charge in [-0.1, -0.05) is 30.3 Å². The van der Waals surface area contributed by atoms with Gasteiger partial charge in [-0.2, -0.15) is 0 Å². The predicted octanol–water partition coefficient (Wildman–Crippen LogP) is 1.86. The zero-order chi connectivity index (χ0) is 16.3. The van der Waals surface area contributed by atoms with Gasteiger partial charge in [0.25, 0.3) is 5.56 Å². The molecule has 1 heterocycles. The molecule has 0 spiro atoms. The van der Waals surface area contributed by atoms with Gasteiger partial charge in [0.15, 0.2) is 0 Å². The molecule has 2 aromatic rings. The van der Waals surface area contributed by atoms with Gasteiger partial charge >= 0.3 is 5.97 Å². The van der Waals surface area contributed by atoms with Crippen LogP contribution in [0, 0.1) is 6.92 Å². The van der Waals surface area contributed by atoms with Crippen molar-refractivity contribution in [3.8, 4) is 0 Å². The molecule has 0 aliphatic heterocycles. The average molecular weight is 300 g/mol. The van der Waals surface area contributed by atoms with Gasteiger partial charge in [-0.25, -0.2) is 4.79 Å². The van der Waals surface area contributed by atoms with Crippen molar-refractivity contribution >= 4 is 17.6 Å². The number of carbonyl (C=O) groups excluding carboxylic acids is 1. The van der Waals surface area contributed by atoms with Crippen molar-refractivity contribution in [2.24, 2.45) is 0 Å². The Morgan fingerprint density at radius 2 is 1.86 bits per heavy atom. The lowest BCUT2D eigenvalue weighted by Crippen LogP contribution is -2.29. The van der Waals surface area contributed by atoms with Gasteiger partial charge in [-0.05, 0) is 18.6 Å². The second kappa shape index (κ2) is 6.26. The number of amides is 1. The molecule has 22 heavy (non-hydrogen) atoms. The number of aromatic carboxylic acids is 1. The zero-order valence-corrected chi connectivity index (χ0v) is 12.3. The number of carbonyl (C=O) groups is 2. The monoisotopic (exact) mass is 300 g/mol. The summed E-state index contributed by atoms with van der Waals surface area (Å²) in [5, 5.41) is 11.7. The Labute approximate surface area is 127 Å². The van der Waals surface area contributed by atoms with Crippen molar-refractivity contribution < 1.29 is 14.7 Å². The summed E-state index contributed by atoms with van der Waals surface area (Å²) in [4.78, 5) is 35.0. The first-order valence-corrected chi connectivity index (χ1v) is 6.69. The second-order valence-electron chi connectivity index (χ2n) is 4.92. The van der Waals surface area contributed by atoms with E-state index in [0.29, 0.717) is 5.69 Å². The molecule has 2 N–H and O–H groups in total. The summed E-state index contributed by atoms with van der Waals surface area (Å²) in [6, 6.07) is 10.4. The van der Waals surface area contributed by atoms with E-state index in [-0.39, 0.29) is 17.8 Å². The van der Waals surface area contributed by atoms with Gasteiger partial charge < -0.3 is 15.0 Å². The second-order valence-corrected chi connectivity index (χ2v) is 4.92. The Morgan fingerprint density at radius 3 is 2.41 bits per heavy atom. The fraction of sp³-hybridized carbons (Fsp3) is 0.188. The Bertz CT molecular complexity index is 779. The number of nitrogens with zero attached hydrogens (tertiary/aromatic N) is 1. The van der Waals surface area contributed by atoms with E-state index in [0.717, 1.165) is 5.56 Å². The summed E-state index contributed by atoms with van der Waals surface area (Å²) < 4.78 is 1.35. The Hall–Kier alpha value is -2.89. The molecule has 1 amide bonds. The highest BCUT2D eigenvalue weighted by atomic mass is 16.4. The lowest BCUT2D eigenvalue weighted by molar-refractivity contribution is -0.114. The van der Waals surface area contributed by atoms with Gasteiger partial charge in [0.05, 0.1) is 12.1 Å². The van der Waals surface area contributed by atoms with Crippen LogP contribution >= 0.6 is 0 Å². The van der Waals surface area contributed by atoms with Gasteiger partial charge in [0.1, 0.15) is 5.69 Å². The Morgan fingerprint density at radius 1 is 1.23 bits per heavy atom. The molecule has 0 radical (unpaired) electrons. The quantitative estimate of drug-likeness (QED) is 0.902. The maximum absolute atomic E-state index is 12.5. The maximum Gasteiger partial charge on any atom is 0.337 e. The van der Waals surface area contributed by atoms with Crippen molar-refractivity contribution in [1.29, 1.82) is 0 Å². The first kappa shape index (κ1) is 15.5. The van der Waals surface area contributed by atoms with Crippen molar-refractivity contribution in [2.75, 3.05) is 5.32 Å². The van der Waals surface area contributed by atoms with Crippen LogP contribution in [-0.2, 0) is 11.3 Å². The molecule has 6 heteroatoms. The van der Waals surface area contributed by atoms with Crippen LogP contribution in [0.3, 0.4) is 0 Å². The molecule has 0 aliphatic carbocycles. The van der Waals surface area contributed by atoms with Crippen molar-refractivity contribution in [1.82, 2.24) is 4.57 Å². The van der Waals surface area contributed by atoms with Gasteiger partial charge in [-0.15, -0.1) is 0 Å². The third-order valence-electron chi connectivity index (χ3n) is 3.28. The molecule has 1 aromatic carbocycles. The van der Waals surface area contributed by atoms with Crippen LogP contribution in [-0.4, -0.2) is 21.6 Å². The molecule has 0 saturated heterocycles. The molecule has 1 aromatic heterocycles. The Kier molecular flexibility index (Phi) is 4.41. The van der Waals surface area contributed by atoms with Crippen molar-refractivity contribution in [3.05, 3.63) is 63.6 Å². The van der Waals surface area contributed by atoms with E-state index in [9.17, 15) is 19.5 Å². The minimum atomic E-state index is -1.15. The number of anilines is 1. The molecular weight excluding hydrogens is 284 g/mol. The van der Waals surface area contributed by atoms with Gasteiger partial charge in [0.2, 0.25) is 5.91 Å². The van der Waals surface area contributed by atoms with Crippen LogP contribution < -0.4 is 10.9 Å². The first-order chi connectivity index (χ1) is 10.4. The van der Waals surface area contributed by atoms with Crippen LogP contribution in [0.15, 0.2) is 41.2 Å². The molecular formula is C16H16N2O4. The number of carboxylic acid groups (broad SMARTS) is 1. The van der Waals surface area contributed by atoms with Crippen LogP contribution in [0.1, 0.15) is 28.5 Å². The van der Waals surface area contributed by atoms with Crippen LogP contribution in [0.5, 0.6) is 0 Å². The highest BCUT2D eigenvalue weighted by molar-refractivity contribution is 5.93. The van der Waals surface area contributed by atoms with E-state index in [1.54, 1.807) is 6.92 Å². The average Bonchev–Trinajstić information content (AvgIpc) is 2.46. The third kappa shape index (κ3) is 3.22. The minimum absolute atomic E-state index is 0.0146. The summed E-state index contributed by atoms with van der Waals surface area (Å²) >= 11 is 0. The van der Waals surface area contributed by atoms with Crippen LogP contribution in [0.25, 0.3) is 0 Å². The SMILES string of the molecule is CC(=O)Nc1cc(C(=O)O)c(C)n(Cc2ccccc2)c1=O. The van der Waals surface area contributed by atoms with E-state index in [2.05, 4.69) is 5.32 Å². The zero-order valence-electron chi connectivity index (χ0n) is 12.3. The maximum atomic E-state index is 12.5. The molecule has 0 saturated carbocycles. The number of aromatic nitrogens is 1. The largest absolute Gasteiger partial charge is 0.478 e. The summed E-state index contributed by atoms with van der Waals surface area (Å²) in [7, 11) is 0. The number of hydrogen-bond acceptors (Lipinski definition) is 3. The molecule has 0 atom stereocenters. The molecule has 2 rings (SSSR count). The van der Waals surface area contributed by atoms with E-state index in [4.69, 9.17) is 0 Å². The summed E-state index contributed by atoms with van der Waals surface area (Å²) in [5.41, 5.74) is 0.728. The van der Waals surface area contributed by atoms with Crippen LogP contribution in [0.2, 0.25) is 0 Å². The van der Waals surface area contributed by atoms with Gasteiger partial charge in [0, 0.05) is 12.6 Å². The number of pyridine rings is 1. The smallest absolute Gasteiger partial charge is 0.337 e. The van der Waals surface area contributed by atoms with Crippen molar-refractivity contribution in [2.45, 2.75) is 20.4 Å². The molecule has 114 valence electrons. The lowest BCUT2D eigenvalue weighted by Gasteiger charge is -2.15. The molecule has 6 nitrogen and oxygen atoms in total. The lowest BCUT2D eigenvalue weighted by atomic mass is 10.1. The van der Waals surface area contributed by atoms with Crippen LogP contribution in [0.4, 0.5) is 5.69 Å². The summed E-state index contributed by atoms with van der Waals surface area (Å²) in [6.07, 6.45) is 0. The molecule has 0 aliphatic rings. The van der Waals surface area contributed by atoms with Gasteiger partial charge in [-0.3, -0.25) is 9.59 Å². The molecule has 0 fully saturated rings. The van der Waals surface area contributed by atoms with E-state index >= 15 is 0 Å². The number of rotatable bonds is 4. The first-order valence-electron chi connectivity index (χ1n) is 6.69. The summed E-state index contributed by atoms with van der Waals surface area (Å²) in [6.45, 7) is 3.08. The predicted molar refractivity (Wildman–Crippen MR) is 82.2 cm³/mol. The summed E-state index contributed by atoms with van der Waals surface area (Å²) in [5.74, 6) is -1.57. The molecule has 0 unspecified atom stereocenters.